The molecule has 3 rings (SSSR count). The summed E-state index contributed by atoms with van der Waals surface area (Å²) in [7, 11) is 0. The minimum Gasteiger partial charge on any atom is -0.486 e. The van der Waals surface area contributed by atoms with Crippen molar-refractivity contribution < 1.29 is 13.9 Å². The lowest BCUT2D eigenvalue weighted by molar-refractivity contribution is 0.162. The summed E-state index contributed by atoms with van der Waals surface area (Å²) in [4.78, 5) is 0. The molecule has 2 aliphatic rings. The fourth-order valence-electron chi connectivity index (χ4n) is 2.92. The van der Waals surface area contributed by atoms with Crippen molar-refractivity contribution in [1.82, 2.24) is 0 Å². The van der Waals surface area contributed by atoms with Crippen molar-refractivity contribution in [1.29, 1.82) is 0 Å². The van der Waals surface area contributed by atoms with E-state index < -0.39 is 5.54 Å². The minimum absolute atomic E-state index is 0.231. The fraction of sp³-hybridized carbons (Fsp3) is 0.571. The molecule has 1 aromatic carbocycles. The summed E-state index contributed by atoms with van der Waals surface area (Å²) in [5.41, 5.74) is 6.41. The lowest BCUT2D eigenvalue weighted by Gasteiger charge is -2.35. The van der Waals surface area contributed by atoms with Gasteiger partial charge >= 0.3 is 0 Å². The SMILES string of the molecule is NC1(c2ccc3c(c2F)OCCO3)CCCCC1. The smallest absolute Gasteiger partial charge is 0.197 e. The molecule has 1 aliphatic heterocycles. The molecule has 18 heavy (non-hydrogen) atoms. The molecule has 0 radical (unpaired) electrons. The zero-order chi connectivity index (χ0) is 12.6. The number of benzene rings is 1. The van der Waals surface area contributed by atoms with E-state index in [0.29, 0.717) is 24.5 Å². The molecule has 3 nitrogen and oxygen atoms in total. The van der Waals surface area contributed by atoms with Gasteiger partial charge in [-0.25, -0.2) is 4.39 Å². The van der Waals surface area contributed by atoms with Gasteiger partial charge in [-0.2, -0.15) is 0 Å². The summed E-state index contributed by atoms with van der Waals surface area (Å²) in [6, 6.07) is 3.53. The molecular formula is C14H18FNO2. The third-order valence-electron chi connectivity index (χ3n) is 3.93. The van der Waals surface area contributed by atoms with Crippen molar-refractivity contribution in [3.8, 4) is 11.5 Å². The standard InChI is InChI=1S/C14H18FNO2/c15-12-10(14(16)6-2-1-3-7-14)4-5-11-13(12)18-9-8-17-11/h4-5H,1-3,6-9,16H2. The van der Waals surface area contributed by atoms with Crippen molar-refractivity contribution in [2.75, 3.05) is 13.2 Å². The van der Waals surface area contributed by atoms with Crippen LogP contribution in [0.3, 0.4) is 0 Å². The molecule has 1 saturated carbocycles. The van der Waals surface area contributed by atoms with Crippen molar-refractivity contribution in [2.45, 2.75) is 37.6 Å². The molecular weight excluding hydrogens is 233 g/mol. The number of hydrogen-bond acceptors (Lipinski definition) is 3. The Morgan fingerprint density at radius 3 is 2.56 bits per heavy atom. The van der Waals surface area contributed by atoms with Gasteiger partial charge in [-0.05, 0) is 18.9 Å². The van der Waals surface area contributed by atoms with Gasteiger partial charge in [0, 0.05) is 11.1 Å². The molecule has 0 saturated heterocycles. The van der Waals surface area contributed by atoms with Crippen LogP contribution in [-0.4, -0.2) is 13.2 Å². The fourth-order valence-corrected chi connectivity index (χ4v) is 2.92. The van der Waals surface area contributed by atoms with Crippen molar-refractivity contribution in [2.24, 2.45) is 5.73 Å². The molecule has 0 aromatic heterocycles. The van der Waals surface area contributed by atoms with E-state index in [1.54, 1.807) is 12.1 Å². The van der Waals surface area contributed by atoms with Crippen LogP contribution in [0.1, 0.15) is 37.7 Å². The molecule has 1 aliphatic carbocycles. The maximum atomic E-state index is 14.5. The molecule has 4 heteroatoms. The Morgan fingerprint density at radius 2 is 1.78 bits per heavy atom. The zero-order valence-electron chi connectivity index (χ0n) is 10.4. The average Bonchev–Trinajstić information content (AvgIpc) is 2.40. The number of nitrogens with two attached hydrogens (primary N) is 1. The van der Waals surface area contributed by atoms with Crippen LogP contribution >= 0.6 is 0 Å². The predicted molar refractivity (Wildman–Crippen MR) is 66.3 cm³/mol. The van der Waals surface area contributed by atoms with Crippen LogP contribution in [0, 0.1) is 5.82 Å². The molecule has 0 bridgehead atoms. The third-order valence-corrected chi connectivity index (χ3v) is 3.93. The maximum Gasteiger partial charge on any atom is 0.197 e. The van der Waals surface area contributed by atoms with Gasteiger partial charge in [0.2, 0.25) is 0 Å². The first kappa shape index (κ1) is 11.8. The second-order valence-electron chi connectivity index (χ2n) is 5.17. The van der Waals surface area contributed by atoms with Crippen LogP contribution in [0.25, 0.3) is 0 Å². The van der Waals surface area contributed by atoms with Crippen LogP contribution in [0.4, 0.5) is 4.39 Å². The molecule has 0 spiro atoms. The normalized spacial score (nSPS) is 21.7. The quantitative estimate of drug-likeness (QED) is 0.834. The molecule has 2 N–H and O–H groups in total. The maximum absolute atomic E-state index is 14.5. The Morgan fingerprint density at radius 1 is 1.06 bits per heavy atom. The number of fused-ring (bicyclic) bond motifs is 1. The van der Waals surface area contributed by atoms with Crippen LogP contribution in [0.2, 0.25) is 0 Å². The van der Waals surface area contributed by atoms with Crippen LogP contribution in [-0.2, 0) is 5.54 Å². The van der Waals surface area contributed by atoms with Gasteiger partial charge in [-0.1, -0.05) is 25.3 Å². The summed E-state index contributed by atoms with van der Waals surface area (Å²) in [6.45, 7) is 0.866. The second kappa shape index (κ2) is 4.43. The first-order chi connectivity index (χ1) is 8.71. The molecule has 0 amide bonds. The van der Waals surface area contributed by atoms with Gasteiger partial charge in [0.25, 0.3) is 0 Å². The van der Waals surface area contributed by atoms with Crippen molar-refractivity contribution in [3.05, 3.63) is 23.5 Å². The molecule has 1 heterocycles. The highest BCUT2D eigenvalue weighted by atomic mass is 19.1. The second-order valence-corrected chi connectivity index (χ2v) is 5.17. The highest BCUT2D eigenvalue weighted by molar-refractivity contribution is 5.47. The Labute approximate surface area is 106 Å². The van der Waals surface area contributed by atoms with Crippen LogP contribution in [0.15, 0.2) is 12.1 Å². The monoisotopic (exact) mass is 251 g/mol. The first-order valence-electron chi connectivity index (χ1n) is 6.58. The molecule has 1 aromatic rings. The lowest BCUT2D eigenvalue weighted by Crippen LogP contribution is -2.39. The van der Waals surface area contributed by atoms with Crippen LogP contribution < -0.4 is 15.2 Å². The highest BCUT2D eigenvalue weighted by Gasteiger charge is 2.34. The topological polar surface area (TPSA) is 44.5 Å². The van der Waals surface area contributed by atoms with Crippen LogP contribution in [0.5, 0.6) is 11.5 Å². The van der Waals surface area contributed by atoms with E-state index in [1.807, 2.05) is 0 Å². The molecule has 1 fully saturated rings. The third kappa shape index (κ3) is 1.85. The van der Waals surface area contributed by atoms with Crippen molar-refractivity contribution in [3.63, 3.8) is 0 Å². The van der Waals surface area contributed by atoms with Crippen molar-refractivity contribution >= 4 is 0 Å². The number of rotatable bonds is 1. The van der Waals surface area contributed by atoms with E-state index in [-0.39, 0.29) is 11.6 Å². The summed E-state index contributed by atoms with van der Waals surface area (Å²) in [6.07, 6.45) is 4.98. The Hall–Kier alpha value is -1.29. The van der Waals surface area contributed by atoms with E-state index >= 15 is 0 Å². The average molecular weight is 251 g/mol. The van der Waals surface area contributed by atoms with Gasteiger partial charge in [-0.3, -0.25) is 0 Å². The minimum atomic E-state index is -0.543. The summed E-state index contributed by atoms with van der Waals surface area (Å²) in [5, 5.41) is 0. The van der Waals surface area contributed by atoms with E-state index in [2.05, 4.69) is 0 Å². The highest BCUT2D eigenvalue weighted by Crippen LogP contribution is 2.42. The van der Waals surface area contributed by atoms with E-state index in [1.165, 1.54) is 6.42 Å². The van der Waals surface area contributed by atoms with Gasteiger partial charge in [0.1, 0.15) is 13.2 Å². The van der Waals surface area contributed by atoms with E-state index in [4.69, 9.17) is 15.2 Å². The Bertz CT molecular complexity index is 455. The molecule has 0 unspecified atom stereocenters. The van der Waals surface area contributed by atoms with Gasteiger partial charge in [0.05, 0.1) is 0 Å². The largest absolute Gasteiger partial charge is 0.486 e. The predicted octanol–water partition coefficient (Wildman–Crippen LogP) is 2.72. The summed E-state index contributed by atoms with van der Waals surface area (Å²) in [5.74, 6) is 0.382. The summed E-state index contributed by atoms with van der Waals surface area (Å²) >= 11 is 0. The first-order valence-corrected chi connectivity index (χ1v) is 6.58. The number of ether oxygens (including phenoxy) is 2. The summed E-state index contributed by atoms with van der Waals surface area (Å²) < 4.78 is 25.2. The van der Waals surface area contributed by atoms with E-state index in [0.717, 1.165) is 25.7 Å². The van der Waals surface area contributed by atoms with E-state index in [9.17, 15) is 4.39 Å². The van der Waals surface area contributed by atoms with Gasteiger partial charge in [0.15, 0.2) is 17.3 Å². The van der Waals surface area contributed by atoms with Gasteiger partial charge in [-0.15, -0.1) is 0 Å². The number of hydrogen-bond donors (Lipinski definition) is 1. The number of halogens is 1. The zero-order valence-corrected chi connectivity index (χ0v) is 10.4. The van der Waals surface area contributed by atoms with Gasteiger partial charge < -0.3 is 15.2 Å². The Kier molecular flexibility index (Phi) is 2.90. The molecule has 0 atom stereocenters. The molecule has 98 valence electrons. The Balaban J connectivity index is 2.02. The lowest BCUT2D eigenvalue weighted by atomic mass is 9.77.